The number of hydrogen-bond acceptors (Lipinski definition) is 6. The lowest BCUT2D eigenvalue weighted by Gasteiger charge is -2.17. The molecule has 0 aliphatic rings. The summed E-state index contributed by atoms with van der Waals surface area (Å²) in [5, 5.41) is 0. The Morgan fingerprint density at radius 1 is 1.06 bits per heavy atom. The molecule has 170 valence electrons. The first-order valence-corrected chi connectivity index (χ1v) is 11.9. The molecular weight excluding hydrogens is 426 g/mol. The lowest BCUT2D eigenvalue weighted by molar-refractivity contribution is 0.110. The smallest absolute Gasteiger partial charge is 0.226 e. The van der Waals surface area contributed by atoms with Crippen molar-refractivity contribution in [1.29, 1.82) is 0 Å². The molecular formula is C25H29NO5S. The number of hydrogen-bond donors (Lipinski definition) is 0. The van der Waals surface area contributed by atoms with Crippen LogP contribution in [-0.2, 0) is 27.9 Å². The Kier molecular flexibility index (Phi) is 8.64. The molecule has 0 unspecified atom stereocenters. The Balaban J connectivity index is 1.57. The standard InChI is InChI=1S/C25H29NO5S/c1-4-24(32(27)28)23(29-5-2)17-19-11-13-21(14-12-19)30-16-15-22-18(3)31-25(26-22)20-9-7-6-8-10-20/h6-14,23H,4-5,15-17H2,1-3H3/t23-/m0/s1. The summed E-state index contributed by atoms with van der Waals surface area (Å²) in [6.07, 6.45) is 1.14. The molecule has 0 aliphatic heterocycles. The van der Waals surface area contributed by atoms with E-state index in [0.29, 0.717) is 43.2 Å². The normalized spacial score (nSPS) is 11.8. The molecule has 0 N–H and O–H groups in total. The predicted octanol–water partition coefficient (Wildman–Crippen LogP) is 4.68. The molecule has 1 atom stereocenters. The van der Waals surface area contributed by atoms with Crippen LogP contribution in [0.1, 0.15) is 37.3 Å². The summed E-state index contributed by atoms with van der Waals surface area (Å²) in [7, 11) is -2.24. The summed E-state index contributed by atoms with van der Waals surface area (Å²) in [6.45, 7) is 6.54. The van der Waals surface area contributed by atoms with E-state index >= 15 is 0 Å². The quantitative estimate of drug-likeness (QED) is 0.391. The van der Waals surface area contributed by atoms with E-state index in [1.807, 2.05) is 75.4 Å². The Bertz CT molecular complexity index is 1130. The van der Waals surface area contributed by atoms with E-state index in [4.69, 9.17) is 13.9 Å². The molecule has 0 amide bonds. The average Bonchev–Trinajstić information content (AvgIpc) is 3.16. The van der Waals surface area contributed by atoms with E-state index in [2.05, 4.69) is 4.98 Å². The van der Waals surface area contributed by atoms with Crippen molar-refractivity contribution in [2.24, 2.45) is 0 Å². The molecule has 2 aromatic carbocycles. The Labute approximate surface area is 190 Å². The summed E-state index contributed by atoms with van der Waals surface area (Å²) < 4.78 is 40.3. The van der Waals surface area contributed by atoms with Gasteiger partial charge in [-0.2, -0.15) is 8.42 Å². The molecule has 3 aromatic rings. The number of benzene rings is 2. The first kappa shape index (κ1) is 23.8. The third-order valence-corrected chi connectivity index (χ3v) is 6.13. The van der Waals surface area contributed by atoms with Crippen LogP contribution in [0.2, 0.25) is 0 Å². The highest BCUT2D eigenvalue weighted by atomic mass is 32.2. The second kappa shape index (κ2) is 11.6. The minimum absolute atomic E-state index is 0.394. The second-order valence-corrected chi connectivity index (χ2v) is 8.33. The Hall–Kier alpha value is -2.90. The highest BCUT2D eigenvalue weighted by Crippen LogP contribution is 2.22. The molecule has 32 heavy (non-hydrogen) atoms. The molecule has 6 nitrogen and oxygen atoms in total. The number of rotatable bonds is 11. The summed E-state index contributed by atoms with van der Waals surface area (Å²) in [4.78, 5) is 4.99. The molecule has 0 saturated heterocycles. The molecule has 0 saturated carbocycles. The van der Waals surface area contributed by atoms with Crippen LogP contribution in [0.25, 0.3) is 11.5 Å². The topological polar surface area (TPSA) is 78.6 Å². The van der Waals surface area contributed by atoms with Gasteiger partial charge >= 0.3 is 0 Å². The number of aryl methyl sites for hydroxylation is 1. The van der Waals surface area contributed by atoms with Gasteiger partial charge in [-0.1, -0.05) is 37.3 Å². The van der Waals surface area contributed by atoms with E-state index in [0.717, 1.165) is 28.3 Å². The van der Waals surface area contributed by atoms with Gasteiger partial charge in [0.2, 0.25) is 16.2 Å². The molecule has 0 spiro atoms. The van der Waals surface area contributed by atoms with Crippen molar-refractivity contribution in [3.05, 3.63) is 71.6 Å². The highest BCUT2D eigenvalue weighted by molar-refractivity contribution is 7.73. The minimum atomic E-state index is -2.24. The summed E-state index contributed by atoms with van der Waals surface area (Å²) in [5.41, 5.74) is 2.83. The molecule has 0 radical (unpaired) electrons. The third kappa shape index (κ3) is 6.31. The SMILES string of the molecule is CCO[C@@H](Cc1ccc(OCCc2nc(-c3ccccc3)oc2C)cc1)C(CC)=S(=O)=O. The van der Waals surface area contributed by atoms with Gasteiger partial charge < -0.3 is 13.9 Å². The predicted molar refractivity (Wildman–Crippen MR) is 126 cm³/mol. The van der Waals surface area contributed by atoms with Gasteiger partial charge in [0.05, 0.1) is 23.3 Å². The lowest BCUT2D eigenvalue weighted by Crippen LogP contribution is -2.27. The van der Waals surface area contributed by atoms with E-state index in [1.165, 1.54) is 0 Å². The highest BCUT2D eigenvalue weighted by Gasteiger charge is 2.17. The van der Waals surface area contributed by atoms with E-state index < -0.39 is 16.4 Å². The zero-order chi connectivity index (χ0) is 22.9. The van der Waals surface area contributed by atoms with Crippen molar-refractivity contribution >= 4 is 15.2 Å². The second-order valence-electron chi connectivity index (χ2n) is 7.33. The molecule has 1 aromatic heterocycles. The minimum Gasteiger partial charge on any atom is -0.493 e. The fraction of sp³-hybridized carbons (Fsp3) is 0.360. The first-order valence-electron chi connectivity index (χ1n) is 10.8. The maximum Gasteiger partial charge on any atom is 0.226 e. The van der Waals surface area contributed by atoms with Gasteiger partial charge in [-0.05, 0) is 50.1 Å². The van der Waals surface area contributed by atoms with Gasteiger partial charge in [-0.15, -0.1) is 0 Å². The molecule has 1 heterocycles. The van der Waals surface area contributed by atoms with Crippen LogP contribution in [0.3, 0.4) is 0 Å². The van der Waals surface area contributed by atoms with E-state index in [-0.39, 0.29) is 0 Å². The van der Waals surface area contributed by atoms with Crippen LogP contribution in [0.15, 0.2) is 59.0 Å². The van der Waals surface area contributed by atoms with E-state index in [9.17, 15) is 8.42 Å². The van der Waals surface area contributed by atoms with Crippen molar-refractivity contribution in [1.82, 2.24) is 4.98 Å². The fourth-order valence-corrected chi connectivity index (χ4v) is 4.09. The molecule has 7 heteroatoms. The number of ether oxygens (including phenoxy) is 2. The van der Waals surface area contributed by atoms with E-state index in [1.54, 1.807) is 0 Å². The van der Waals surface area contributed by atoms with Crippen LogP contribution >= 0.6 is 0 Å². The molecule has 0 fully saturated rings. The van der Waals surface area contributed by atoms with Gasteiger partial charge in [-0.3, -0.25) is 0 Å². The van der Waals surface area contributed by atoms with Gasteiger partial charge in [-0.25, -0.2) is 4.98 Å². The van der Waals surface area contributed by atoms with Crippen molar-refractivity contribution < 1.29 is 22.3 Å². The van der Waals surface area contributed by atoms with Crippen molar-refractivity contribution in [3.8, 4) is 17.2 Å². The zero-order valence-electron chi connectivity index (χ0n) is 18.7. The van der Waals surface area contributed by atoms with Crippen molar-refractivity contribution in [3.63, 3.8) is 0 Å². The van der Waals surface area contributed by atoms with Crippen LogP contribution in [0.5, 0.6) is 5.75 Å². The maximum atomic E-state index is 11.5. The number of aromatic nitrogens is 1. The number of nitrogens with zero attached hydrogens (tertiary/aromatic N) is 1. The van der Waals surface area contributed by atoms with Crippen LogP contribution in [0.4, 0.5) is 0 Å². The van der Waals surface area contributed by atoms with Crippen molar-refractivity contribution in [2.45, 2.75) is 46.1 Å². The van der Waals surface area contributed by atoms with Gasteiger partial charge in [0, 0.05) is 25.0 Å². The number of oxazole rings is 1. The molecule has 3 rings (SSSR count). The fourth-order valence-electron chi connectivity index (χ4n) is 3.49. The molecule has 0 bridgehead atoms. The van der Waals surface area contributed by atoms with Crippen LogP contribution in [-0.4, -0.2) is 37.6 Å². The Morgan fingerprint density at radius 3 is 2.41 bits per heavy atom. The summed E-state index contributed by atoms with van der Waals surface area (Å²) >= 11 is 0. The largest absolute Gasteiger partial charge is 0.493 e. The Morgan fingerprint density at radius 2 is 1.78 bits per heavy atom. The average molecular weight is 456 g/mol. The lowest BCUT2D eigenvalue weighted by atomic mass is 10.0. The van der Waals surface area contributed by atoms with Crippen LogP contribution in [0, 0.1) is 6.92 Å². The molecule has 0 aliphatic carbocycles. The van der Waals surface area contributed by atoms with Crippen LogP contribution < -0.4 is 4.74 Å². The van der Waals surface area contributed by atoms with Gasteiger partial charge in [0.25, 0.3) is 0 Å². The first-order chi connectivity index (χ1) is 15.5. The summed E-state index contributed by atoms with van der Waals surface area (Å²) in [6, 6.07) is 17.5. The van der Waals surface area contributed by atoms with Gasteiger partial charge in [0.15, 0.2) is 0 Å². The third-order valence-electron chi connectivity index (χ3n) is 5.15. The summed E-state index contributed by atoms with van der Waals surface area (Å²) in [5.74, 6) is 2.16. The van der Waals surface area contributed by atoms with Crippen molar-refractivity contribution in [2.75, 3.05) is 13.2 Å². The zero-order valence-corrected chi connectivity index (χ0v) is 19.5. The van der Waals surface area contributed by atoms with Gasteiger partial charge in [0.1, 0.15) is 11.5 Å². The monoisotopic (exact) mass is 455 g/mol. The maximum absolute atomic E-state index is 11.5.